The van der Waals surface area contributed by atoms with Crippen LogP contribution in [0.15, 0.2) is 41.9 Å². The van der Waals surface area contributed by atoms with Crippen molar-refractivity contribution in [2.24, 2.45) is 5.92 Å². The summed E-state index contributed by atoms with van der Waals surface area (Å²) in [6.45, 7) is 3.87. The molecule has 23 heavy (non-hydrogen) atoms. The Morgan fingerprint density at radius 2 is 2.04 bits per heavy atom. The van der Waals surface area contributed by atoms with Crippen molar-refractivity contribution in [2.45, 2.75) is 37.6 Å². The molecule has 4 nitrogen and oxygen atoms in total. The van der Waals surface area contributed by atoms with Gasteiger partial charge in [0.15, 0.2) is 12.4 Å². The van der Waals surface area contributed by atoms with Crippen molar-refractivity contribution in [3.8, 4) is 0 Å². The molecule has 0 spiro atoms. The lowest BCUT2D eigenvalue weighted by Gasteiger charge is -2.09. The number of imidazole rings is 1. The van der Waals surface area contributed by atoms with E-state index in [0.717, 1.165) is 30.3 Å². The van der Waals surface area contributed by atoms with Crippen LogP contribution in [0.2, 0.25) is 12.6 Å². The molecule has 0 saturated carbocycles. The molecule has 3 aromatic rings. The number of benzene rings is 1. The minimum Gasteiger partial charge on any atom is -0.311 e. The summed E-state index contributed by atoms with van der Waals surface area (Å²) < 4.78 is 2.05. The highest BCUT2D eigenvalue weighted by Gasteiger charge is 2.25. The molecule has 2 aromatic heterocycles. The molecule has 1 fully saturated rings. The molecule has 116 valence electrons. The second-order valence-corrected chi connectivity index (χ2v) is 7.02. The fourth-order valence-corrected chi connectivity index (χ4v) is 3.80. The Morgan fingerprint density at radius 3 is 2.78 bits per heavy atom. The number of rotatable bonds is 3. The van der Waals surface area contributed by atoms with Crippen LogP contribution in [0.1, 0.15) is 18.9 Å². The molecule has 0 amide bonds. The Balaban J connectivity index is 1.55. The minimum atomic E-state index is 0.624. The molecular weight excluding hydrogens is 303 g/mol. The molecule has 6 heteroatoms. The van der Waals surface area contributed by atoms with E-state index in [2.05, 4.69) is 58.8 Å². The molecule has 1 aliphatic heterocycles. The van der Waals surface area contributed by atoms with Crippen molar-refractivity contribution >= 4 is 36.0 Å². The lowest BCUT2D eigenvalue weighted by Crippen LogP contribution is -2.26. The van der Waals surface area contributed by atoms with Gasteiger partial charge in [-0.25, -0.2) is 15.0 Å². The Morgan fingerprint density at radius 1 is 1.22 bits per heavy atom. The summed E-state index contributed by atoms with van der Waals surface area (Å²) in [7, 11) is 0. The van der Waals surface area contributed by atoms with Crippen LogP contribution in [0.25, 0.3) is 11.2 Å². The maximum Gasteiger partial charge on any atom is 0.176 e. The van der Waals surface area contributed by atoms with Crippen molar-refractivity contribution < 1.29 is 0 Å². The zero-order valence-corrected chi connectivity index (χ0v) is 14.1. The molecule has 0 radical (unpaired) electrons. The van der Waals surface area contributed by atoms with Gasteiger partial charge in [0.05, 0.1) is 12.9 Å². The first kappa shape index (κ1) is 14.8. The Kier molecular flexibility index (Phi) is 3.85. The summed E-state index contributed by atoms with van der Waals surface area (Å²) in [6, 6.07) is 9.03. The molecule has 1 atom stereocenters. The molecule has 1 saturated heterocycles. The third kappa shape index (κ3) is 2.87. The standard InChI is InChI=1S/C17H19BN4S/c1-12-6-7-18(8-12)14-4-2-13(3-5-14)9-22-11-21-15-16(22)19-10-20-17(15)23/h2-5,10-12H,6-9H2,1H3,(H,19,20,23). The van der Waals surface area contributed by atoms with E-state index in [9.17, 15) is 0 Å². The fraction of sp³-hybridized carbons (Fsp3) is 0.353. The van der Waals surface area contributed by atoms with Gasteiger partial charge in [0.2, 0.25) is 0 Å². The molecule has 1 aliphatic rings. The second kappa shape index (κ2) is 6.00. The second-order valence-electron chi connectivity index (χ2n) is 6.60. The highest BCUT2D eigenvalue weighted by atomic mass is 32.1. The molecule has 0 bridgehead atoms. The highest BCUT2D eigenvalue weighted by molar-refractivity contribution is 7.80. The van der Waals surface area contributed by atoms with Crippen LogP contribution in [-0.2, 0) is 6.54 Å². The zero-order valence-electron chi connectivity index (χ0n) is 13.2. The number of fused-ring (bicyclic) bond motifs is 1. The smallest absolute Gasteiger partial charge is 0.176 e. The van der Waals surface area contributed by atoms with Crippen LogP contribution in [0.5, 0.6) is 0 Å². The van der Waals surface area contributed by atoms with E-state index >= 15 is 0 Å². The van der Waals surface area contributed by atoms with Gasteiger partial charge in [0.1, 0.15) is 16.9 Å². The number of hydrogen-bond acceptors (Lipinski definition) is 4. The summed E-state index contributed by atoms with van der Waals surface area (Å²) in [5.41, 5.74) is 4.33. The third-order valence-corrected chi connectivity index (χ3v) is 5.21. The van der Waals surface area contributed by atoms with E-state index in [1.165, 1.54) is 36.4 Å². The average Bonchev–Trinajstić information content (AvgIpc) is 3.16. The van der Waals surface area contributed by atoms with E-state index in [1.54, 1.807) is 0 Å². The quantitative estimate of drug-likeness (QED) is 0.458. The third-order valence-electron chi connectivity index (χ3n) is 4.88. The Hall–Kier alpha value is -1.82. The predicted octanol–water partition coefficient (Wildman–Crippen LogP) is 2.90. The number of hydrogen-bond donors (Lipinski definition) is 1. The normalized spacial score (nSPS) is 18.0. The van der Waals surface area contributed by atoms with Gasteiger partial charge in [0, 0.05) is 0 Å². The summed E-state index contributed by atoms with van der Waals surface area (Å²) in [4.78, 5) is 12.8. The Labute approximate surface area is 141 Å². The molecule has 0 aliphatic carbocycles. The predicted molar refractivity (Wildman–Crippen MR) is 96.9 cm³/mol. The maximum atomic E-state index is 4.36. The summed E-state index contributed by atoms with van der Waals surface area (Å²) in [6.07, 6.45) is 7.36. The van der Waals surface area contributed by atoms with E-state index in [-0.39, 0.29) is 0 Å². The minimum absolute atomic E-state index is 0.624. The van der Waals surface area contributed by atoms with E-state index in [0.29, 0.717) is 5.03 Å². The van der Waals surface area contributed by atoms with Crippen LogP contribution in [-0.4, -0.2) is 26.2 Å². The SMILES string of the molecule is CC1CCB(c2ccc(Cn3cnc4c(S)ncnc43)cc2)C1. The summed E-state index contributed by atoms with van der Waals surface area (Å²) in [5.74, 6) is 0.868. The van der Waals surface area contributed by atoms with Crippen molar-refractivity contribution in [2.75, 3.05) is 0 Å². The Bertz CT molecular complexity index is 830. The van der Waals surface area contributed by atoms with Crippen LogP contribution in [0, 0.1) is 5.92 Å². The largest absolute Gasteiger partial charge is 0.311 e. The number of thiol groups is 1. The van der Waals surface area contributed by atoms with Gasteiger partial charge in [-0.05, 0) is 5.56 Å². The molecule has 0 N–H and O–H groups in total. The summed E-state index contributed by atoms with van der Waals surface area (Å²) >= 11 is 4.33. The van der Waals surface area contributed by atoms with E-state index in [4.69, 9.17) is 0 Å². The first-order valence-corrected chi connectivity index (χ1v) is 8.59. The van der Waals surface area contributed by atoms with Gasteiger partial charge in [-0.1, -0.05) is 61.6 Å². The molecule has 4 rings (SSSR count). The van der Waals surface area contributed by atoms with Crippen LogP contribution in [0.3, 0.4) is 0 Å². The van der Waals surface area contributed by atoms with Crippen molar-refractivity contribution in [3.63, 3.8) is 0 Å². The topological polar surface area (TPSA) is 43.6 Å². The van der Waals surface area contributed by atoms with Gasteiger partial charge < -0.3 is 4.57 Å². The lowest BCUT2D eigenvalue weighted by molar-refractivity contribution is 0.658. The van der Waals surface area contributed by atoms with E-state index in [1.807, 2.05) is 10.9 Å². The molecule has 3 heterocycles. The summed E-state index contributed by atoms with van der Waals surface area (Å²) in [5, 5.41) is 0.624. The first-order valence-electron chi connectivity index (χ1n) is 8.14. The van der Waals surface area contributed by atoms with Crippen molar-refractivity contribution in [3.05, 3.63) is 42.5 Å². The maximum absolute atomic E-state index is 4.36. The zero-order chi connectivity index (χ0) is 15.8. The number of aromatic nitrogens is 4. The van der Waals surface area contributed by atoms with Gasteiger partial charge in [-0.3, -0.25) is 0 Å². The van der Waals surface area contributed by atoms with Gasteiger partial charge in [-0.15, -0.1) is 12.6 Å². The first-order chi connectivity index (χ1) is 11.2. The van der Waals surface area contributed by atoms with Crippen LogP contribution in [0.4, 0.5) is 0 Å². The van der Waals surface area contributed by atoms with Crippen molar-refractivity contribution in [1.29, 1.82) is 0 Å². The fourth-order valence-electron chi connectivity index (χ4n) is 3.59. The van der Waals surface area contributed by atoms with Crippen LogP contribution < -0.4 is 5.46 Å². The molecule has 1 unspecified atom stereocenters. The highest BCUT2D eigenvalue weighted by Crippen LogP contribution is 2.25. The molecular formula is C17H19BN4S. The van der Waals surface area contributed by atoms with Gasteiger partial charge in [-0.2, -0.15) is 0 Å². The monoisotopic (exact) mass is 322 g/mol. The average molecular weight is 322 g/mol. The van der Waals surface area contributed by atoms with Crippen molar-refractivity contribution in [1.82, 2.24) is 19.5 Å². The van der Waals surface area contributed by atoms with Gasteiger partial charge in [0.25, 0.3) is 0 Å². The van der Waals surface area contributed by atoms with Crippen LogP contribution >= 0.6 is 12.6 Å². The van der Waals surface area contributed by atoms with Gasteiger partial charge >= 0.3 is 0 Å². The molecule has 1 aromatic carbocycles. The number of nitrogens with zero attached hydrogens (tertiary/aromatic N) is 4. The van der Waals surface area contributed by atoms with E-state index < -0.39 is 0 Å². The lowest BCUT2D eigenvalue weighted by atomic mass is 9.43.